The number of benzene rings is 1. The highest BCUT2D eigenvalue weighted by Gasteiger charge is 2.24. The van der Waals surface area contributed by atoms with Gasteiger partial charge in [0.05, 0.1) is 23.8 Å². The fourth-order valence-corrected chi connectivity index (χ4v) is 4.01. The summed E-state index contributed by atoms with van der Waals surface area (Å²) >= 11 is 0. The molecule has 0 unspecified atom stereocenters. The third kappa shape index (κ3) is 3.13. The highest BCUT2D eigenvalue weighted by Crippen LogP contribution is 2.24. The van der Waals surface area contributed by atoms with Crippen molar-refractivity contribution < 1.29 is 4.79 Å². The van der Waals surface area contributed by atoms with Crippen LogP contribution in [0.3, 0.4) is 0 Å². The summed E-state index contributed by atoms with van der Waals surface area (Å²) in [6.07, 6.45) is 5.39. The van der Waals surface area contributed by atoms with Gasteiger partial charge in [-0.05, 0) is 36.1 Å². The Kier molecular flexibility index (Phi) is 3.99. The first-order valence-electron chi connectivity index (χ1n) is 9.56. The van der Waals surface area contributed by atoms with E-state index in [4.69, 9.17) is 0 Å². The third-order valence-corrected chi connectivity index (χ3v) is 5.57. The lowest BCUT2D eigenvalue weighted by molar-refractivity contribution is -0.131. The molecule has 0 aliphatic carbocycles. The van der Waals surface area contributed by atoms with E-state index in [0.29, 0.717) is 19.5 Å². The van der Waals surface area contributed by atoms with Crippen LogP contribution in [0.15, 0.2) is 30.5 Å². The molecule has 7 nitrogen and oxygen atoms in total. The van der Waals surface area contributed by atoms with E-state index in [-0.39, 0.29) is 5.91 Å². The Bertz CT molecular complexity index is 991. The van der Waals surface area contributed by atoms with Crippen molar-refractivity contribution in [1.29, 1.82) is 0 Å². The first-order valence-corrected chi connectivity index (χ1v) is 9.56. The fourth-order valence-electron chi connectivity index (χ4n) is 4.01. The normalized spacial score (nSPS) is 16.7. The van der Waals surface area contributed by atoms with E-state index < -0.39 is 0 Å². The minimum Gasteiger partial charge on any atom is -0.355 e. The molecular formula is C20H22N6O. The van der Waals surface area contributed by atoms with Crippen molar-refractivity contribution in [3.05, 3.63) is 47.3 Å². The first kappa shape index (κ1) is 16.2. The Morgan fingerprint density at radius 1 is 1.11 bits per heavy atom. The van der Waals surface area contributed by atoms with Crippen LogP contribution in [0.5, 0.6) is 0 Å². The van der Waals surface area contributed by atoms with Gasteiger partial charge in [-0.3, -0.25) is 9.89 Å². The van der Waals surface area contributed by atoms with E-state index in [1.165, 1.54) is 12.8 Å². The van der Waals surface area contributed by atoms with Crippen LogP contribution >= 0.6 is 0 Å². The summed E-state index contributed by atoms with van der Waals surface area (Å²) in [5, 5.41) is 16.9. The van der Waals surface area contributed by atoms with Crippen LogP contribution < -0.4 is 4.90 Å². The lowest BCUT2D eigenvalue weighted by Gasteiger charge is -2.29. The number of carbonyl (C=O) groups excluding carboxylic acids is 1. The number of hydrogen-bond donors (Lipinski definition) is 1. The van der Waals surface area contributed by atoms with Gasteiger partial charge in [-0.25, -0.2) is 0 Å². The molecule has 4 heterocycles. The number of rotatable bonds is 3. The van der Waals surface area contributed by atoms with Crippen LogP contribution in [0.4, 0.5) is 5.82 Å². The van der Waals surface area contributed by atoms with Crippen LogP contribution in [0.2, 0.25) is 0 Å². The maximum Gasteiger partial charge on any atom is 0.227 e. The summed E-state index contributed by atoms with van der Waals surface area (Å²) in [4.78, 5) is 17.1. The molecule has 2 aliphatic heterocycles. The number of nitrogens with one attached hydrogen (secondary N) is 1. The van der Waals surface area contributed by atoms with Crippen LogP contribution in [0.1, 0.15) is 29.7 Å². The second kappa shape index (κ2) is 6.64. The molecule has 27 heavy (non-hydrogen) atoms. The Morgan fingerprint density at radius 2 is 2.00 bits per heavy atom. The summed E-state index contributed by atoms with van der Waals surface area (Å²) in [6, 6.07) is 8.15. The van der Waals surface area contributed by atoms with E-state index in [1.54, 1.807) is 6.20 Å². The molecule has 2 aliphatic rings. The molecule has 1 fully saturated rings. The van der Waals surface area contributed by atoms with Crippen LogP contribution in [-0.4, -0.2) is 50.8 Å². The van der Waals surface area contributed by atoms with Crippen LogP contribution in [0, 0.1) is 0 Å². The van der Waals surface area contributed by atoms with Gasteiger partial charge in [-0.15, -0.1) is 5.10 Å². The fraction of sp³-hybridized carbons (Fsp3) is 0.400. The van der Waals surface area contributed by atoms with Gasteiger partial charge >= 0.3 is 0 Å². The molecule has 7 heteroatoms. The maximum atomic E-state index is 12.8. The summed E-state index contributed by atoms with van der Waals surface area (Å²) in [7, 11) is 0. The van der Waals surface area contributed by atoms with Crippen LogP contribution in [0.25, 0.3) is 10.9 Å². The van der Waals surface area contributed by atoms with Crippen molar-refractivity contribution in [3.63, 3.8) is 0 Å². The second-order valence-electron chi connectivity index (χ2n) is 7.40. The van der Waals surface area contributed by atoms with E-state index in [1.807, 2.05) is 23.1 Å². The number of nitrogens with zero attached hydrogens (tertiary/aromatic N) is 5. The molecule has 0 saturated carbocycles. The smallest absolute Gasteiger partial charge is 0.227 e. The molecule has 2 aromatic heterocycles. The van der Waals surface area contributed by atoms with Gasteiger partial charge in [-0.2, -0.15) is 10.2 Å². The molecule has 0 spiro atoms. The Morgan fingerprint density at radius 3 is 2.89 bits per heavy atom. The average Bonchev–Trinajstić information content (AvgIpc) is 3.38. The number of amides is 1. The zero-order valence-electron chi connectivity index (χ0n) is 15.2. The van der Waals surface area contributed by atoms with Crippen molar-refractivity contribution in [2.45, 2.75) is 32.2 Å². The van der Waals surface area contributed by atoms with Crippen molar-refractivity contribution in [2.24, 2.45) is 0 Å². The van der Waals surface area contributed by atoms with Gasteiger partial charge in [0.1, 0.15) is 0 Å². The largest absolute Gasteiger partial charge is 0.355 e. The third-order valence-electron chi connectivity index (χ3n) is 5.57. The van der Waals surface area contributed by atoms with Gasteiger partial charge in [-0.1, -0.05) is 12.1 Å². The molecule has 1 saturated heterocycles. The zero-order chi connectivity index (χ0) is 18.2. The number of aromatic nitrogens is 4. The standard InChI is InChI=1S/C20H22N6O/c27-20(10-14-3-4-15-12-21-22-18(15)9-14)26-8-5-17-16(13-26)11-19(24-23-17)25-6-1-2-7-25/h3-4,9,11-12H,1-2,5-8,10,13H2,(H,21,22). The summed E-state index contributed by atoms with van der Waals surface area (Å²) in [5.41, 5.74) is 4.14. The number of aromatic amines is 1. The van der Waals surface area contributed by atoms with E-state index in [2.05, 4.69) is 31.4 Å². The predicted octanol–water partition coefficient (Wildman–Crippen LogP) is 2.08. The number of carbonyl (C=O) groups is 1. The molecule has 3 aromatic rings. The van der Waals surface area contributed by atoms with E-state index in [9.17, 15) is 4.79 Å². The van der Waals surface area contributed by atoms with Crippen molar-refractivity contribution >= 4 is 22.6 Å². The molecule has 5 rings (SSSR count). The molecule has 0 radical (unpaired) electrons. The van der Waals surface area contributed by atoms with Gasteiger partial charge in [0.2, 0.25) is 5.91 Å². The van der Waals surface area contributed by atoms with Gasteiger partial charge in [0.15, 0.2) is 5.82 Å². The number of H-pyrrole nitrogens is 1. The van der Waals surface area contributed by atoms with Gasteiger partial charge in [0.25, 0.3) is 0 Å². The Hall–Kier alpha value is -2.96. The number of anilines is 1. The molecule has 1 N–H and O–H groups in total. The van der Waals surface area contributed by atoms with Crippen LogP contribution in [-0.2, 0) is 24.2 Å². The lowest BCUT2D eigenvalue weighted by atomic mass is 10.0. The maximum absolute atomic E-state index is 12.8. The molecular weight excluding hydrogens is 340 g/mol. The molecule has 0 atom stereocenters. The predicted molar refractivity (Wildman–Crippen MR) is 102 cm³/mol. The zero-order valence-corrected chi connectivity index (χ0v) is 15.2. The van der Waals surface area contributed by atoms with Crippen molar-refractivity contribution in [3.8, 4) is 0 Å². The molecule has 1 amide bonds. The lowest BCUT2D eigenvalue weighted by Crippen LogP contribution is -2.37. The monoisotopic (exact) mass is 362 g/mol. The highest BCUT2D eigenvalue weighted by atomic mass is 16.2. The quantitative estimate of drug-likeness (QED) is 0.772. The van der Waals surface area contributed by atoms with Gasteiger partial charge in [0, 0.05) is 38.0 Å². The van der Waals surface area contributed by atoms with E-state index in [0.717, 1.165) is 53.1 Å². The topological polar surface area (TPSA) is 78.0 Å². The SMILES string of the molecule is O=C(Cc1ccc2cn[nH]c2c1)N1CCc2nnc(N3CCCC3)cc2C1. The highest BCUT2D eigenvalue weighted by molar-refractivity contribution is 5.83. The minimum absolute atomic E-state index is 0.152. The minimum atomic E-state index is 0.152. The average molecular weight is 362 g/mol. The summed E-state index contributed by atoms with van der Waals surface area (Å²) < 4.78 is 0. The molecule has 1 aromatic carbocycles. The second-order valence-corrected chi connectivity index (χ2v) is 7.40. The number of hydrogen-bond acceptors (Lipinski definition) is 5. The summed E-state index contributed by atoms with van der Waals surface area (Å²) in [5.74, 6) is 1.10. The van der Waals surface area contributed by atoms with Crippen molar-refractivity contribution in [1.82, 2.24) is 25.3 Å². The van der Waals surface area contributed by atoms with Gasteiger partial charge < -0.3 is 9.80 Å². The Labute approximate surface area is 157 Å². The molecule has 0 bridgehead atoms. The van der Waals surface area contributed by atoms with E-state index >= 15 is 0 Å². The summed E-state index contributed by atoms with van der Waals surface area (Å²) in [6.45, 7) is 3.42. The molecule has 138 valence electrons. The van der Waals surface area contributed by atoms with Crippen molar-refractivity contribution in [2.75, 3.05) is 24.5 Å². The first-order chi connectivity index (χ1) is 13.3. The number of fused-ring (bicyclic) bond motifs is 2. The Balaban J connectivity index is 1.31.